The third-order valence-electron chi connectivity index (χ3n) is 6.31. The quantitative estimate of drug-likeness (QED) is 0.535. The number of nitriles is 1. The molecule has 164 valence electrons. The lowest BCUT2D eigenvalue weighted by molar-refractivity contribution is 0.0764. The van der Waals surface area contributed by atoms with Crippen LogP contribution < -0.4 is 0 Å². The minimum absolute atomic E-state index is 0.00652. The largest absolute Gasteiger partial charge is 0.338 e. The molecule has 1 amide bonds. The Bertz CT molecular complexity index is 1240. The van der Waals surface area contributed by atoms with Crippen LogP contribution in [0.3, 0.4) is 0 Å². The maximum atomic E-state index is 13.0. The maximum absolute atomic E-state index is 13.0. The van der Waals surface area contributed by atoms with Crippen LogP contribution >= 0.6 is 0 Å². The van der Waals surface area contributed by atoms with Gasteiger partial charge in [-0.05, 0) is 73.6 Å². The molecule has 3 heteroatoms. The Morgan fingerprint density at radius 1 is 1.03 bits per heavy atom. The molecule has 1 aliphatic carbocycles. The lowest BCUT2D eigenvalue weighted by Crippen LogP contribution is -2.32. The Balaban J connectivity index is 1.44. The van der Waals surface area contributed by atoms with Crippen molar-refractivity contribution in [1.29, 1.82) is 5.26 Å². The van der Waals surface area contributed by atoms with Crippen LogP contribution in [0.25, 0.3) is 5.57 Å². The van der Waals surface area contributed by atoms with Crippen molar-refractivity contribution in [2.75, 3.05) is 13.1 Å². The Kier molecular flexibility index (Phi) is 6.92. The first-order valence-electron chi connectivity index (χ1n) is 11.5. The monoisotopic (exact) mass is 432 g/mol. The lowest BCUT2D eigenvalue weighted by Gasteiger charge is -2.21. The second kappa shape index (κ2) is 10.2. The molecule has 4 rings (SSSR count). The van der Waals surface area contributed by atoms with Gasteiger partial charge < -0.3 is 4.90 Å². The van der Waals surface area contributed by atoms with Gasteiger partial charge in [-0.1, -0.05) is 60.8 Å². The van der Waals surface area contributed by atoms with Crippen molar-refractivity contribution >= 4 is 11.5 Å². The van der Waals surface area contributed by atoms with Gasteiger partial charge in [0.1, 0.15) is 0 Å². The number of rotatable bonds is 2. The van der Waals surface area contributed by atoms with Gasteiger partial charge in [-0.3, -0.25) is 4.79 Å². The molecule has 1 heterocycles. The minimum atomic E-state index is -0.00652. The summed E-state index contributed by atoms with van der Waals surface area (Å²) in [5.41, 5.74) is 7.12. The lowest BCUT2D eigenvalue weighted by atomic mass is 9.95. The van der Waals surface area contributed by atoms with Gasteiger partial charge in [0, 0.05) is 29.8 Å². The van der Waals surface area contributed by atoms with E-state index < -0.39 is 0 Å². The van der Waals surface area contributed by atoms with Crippen LogP contribution in [0.15, 0.2) is 77.9 Å². The molecule has 0 N–H and O–H groups in total. The highest BCUT2D eigenvalue weighted by Gasteiger charge is 2.21. The predicted molar refractivity (Wildman–Crippen MR) is 133 cm³/mol. The molecule has 1 aliphatic heterocycles. The van der Waals surface area contributed by atoms with Gasteiger partial charge in [0.2, 0.25) is 0 Å². The molecular formula is C30H28N2O. The van der Waals surface area contributed by atoms with Gasteiger partial charge in [-0.15, -0.1) is 0 Å². The highest BCUT2D eigenvalue weighted by atomic mass is 16.2. The molecule has 0 aromatic heterocycles. The van der Waals surface area contributed by atoms with E-state index in [-0.39, 0.29) is 5.91 Å². The van der Waals surface area contributed by atoms with Crippen molar-refractivity contribution in [3.05, 3.63) is 100 Å². The Morgan fingerprint density at radius 2 is 1.82 bits per heavy atom. The zero-order chi connectivity index (χ0) is 23.2. The second-order valence-electron chi connectivity index (χ2n) is 8.83. The molecule has 0 fully saturated rings. The summed E-state index contributed by atoms with van der Waals surface area (Å²) in [6.45, 7) is 5.73. The highest BCUT2D eigenvalue weighted by Crippen LogP contribution is 2.28. The first-order chi connectivity index (χ1) is 16.0. The van der Waals surface area contributed by atoms with Crippen molar-refractivity contribution in [2.24, 2.45) is 5.92 Å². The molecule has 2 aromatic rings. The number of allylic oxidation sites excluding steroid dienone is 4. The summed E-state index contributed by atoms with van der Waals surface area (Å²) in [4.78, 5) is 14.9. The van der Waals surface area contributed by atoms with Gasteiger partial charge in [0.15, 0.2) is 0 Å². The first-order valence-corrected chi connectivity index (χ1v) is 11.5. The Labute approximate surface area is 196 Å². The van der Waals surface area contributed by atoms with Gasteiger partial charge in [0.05, 0.1) is 11.6 Å². The first kappa shape index (κ1) is 22.4. The summed E-state index contributed by atoms with van der Waals surface area (Å²) in [5.74, 6) is 7.15. The molecule has 2 aromatic carbocycles. The molecule has 1 atom stereocenters. The number of hydrogen-bond acceptors (Lipinski definition) is 2. The molecule has 0 saturated carbocycles. The molecule has 3 nitrogen and oxygen atoms in total. The van der Waals surface area contributed by atoms with Gasteiger partial charge in [-0.25, -0.2) is 0 Å². The zero-order valence-electron chi connectivity index (χ0n) is 19.3. The normalized spacial score (nSPS) is 18.0. The van der Waals surface area contributed by atoms with E-state index in [1.54, 1.807) is 24.3 Å². The number of amides is 1. The summed E-state index contributed by atoms with van der Waals surface area (Å²) >= 11 is 0. The summed E-state index contributed by atoms with van der Waals surface area (Å²) in [7, 11) is 0. The molecule has 0 bridgehead atoms. The summed E-state index contributed by atoms with van der Waals surface area (Å²) in [6.07, 6.45) is 9.07. The van der Waals surface area contributed by atoms with Crippen LogP contribution in [0, 0.1) is 29.1 Å². The summed E-state index contributed by atoms with van der Waals surface area (Å²) < 4.78 is 0. The SMILES string of the molecule is CC1=C(c2ccc(C#CC3=CC=CC(C)C3)cc2)CCN(C(=O)c2cccc(C#N)c2)CC1. The predicted octanol–water partition coefficient (Wildman–Crippen LogP) is 6.14. The summed E-state index contributed by atoms with van der Waals surface area (Å²) in [5, 5.41) is 9.13. The fourth-order valence-corrected chi connectivity index (χ4v) is 4.37. The number of benzene rings is 2. The van der Waals surface area contributed by atoms with Gasteiger partial charge >= 0.3 is 0 Å². The van der Waals surface area contributed by atoms with Crippen LogP contribution in [-0.4, -0.2) is 23.9 Å². The standard InChI is InChI=1S/C30H28N2O/c1-22-5-3-6-25(19-22)10-9-24-11-13-27(14-12-24)29-16-18-32(17-15-23(29)2)30(33)28-8-4-7-26(20-28)21-31/h3-8,11-14,20,22H,15-19H2,1-2H3. The highest BCUT2D eigenvalue weighted by molar-refractivity contribution is 5.94. The minimum Gasteiger partial charge on any atom is -0.338 e. The van der Waals surface area contributed by atoms with E-state index in [0.29, 0.717) is 30.1 Å². The molecule has 2 aliphatic rings. The van der Waals surface area contributed by atoms with Crippen LogP contribution in [0.2, 0.25) is 0 Å². The molecule has 1 unspecified atom stereocenters. The van der Waals surface area contributed by atoms with Crippen LogP contribution in [0.1, 0.15) is 60.2 Å². The maximum Gasteiger partial charge on any atom is 0.253 e. The number of carbonyl (C=O) groups is 1. The van der Waals surface area contributed by atoms with E-state index in [2.05, 4.69) is 74.3 Å². The summed E-state index contributed by atoms with van der Waals surface area (Å²) in [6, 6.07) is 17.5. The van der Waals surface area contributed by atoms with Gasteiger partial charge in [-0.2, -0.15) is 5.26 Å². The van der Waals surface area contributed by atoms with Crippen LogP contribution in [0.5, 0.6) is 0 Å². The molecule has 0 saturated heterocycles. The average molecular weight is 433 g/mol. The number of carbonyl (C=O) groups excluding carboxylic acids is 1. The Hall–Kier alpha value is -3.82. The third-order valence-corrected chi connectivity index (χ3v) is 6.31. The van der Waals surface area contributed by atoms with Crippen molar-refractivity contribution < 1.29 is 4.79 Å². The molecule has 0 spiro atoms. The van der Waals surface area contributed by atoms with E-state index in [1.807, 2.05) is 4.90 Å². The fraction of sp³-hybridized carbons (Fsp3) is 0.267. The van der Waals surface area contributed by atoms with Crippen molar-refractivity contribution in [1.82, 2.24) is 4.90 Å². The second-order valence-corrected chi connectivity index (χ2v) is 8.83. The molecule has 33 heavy (non-hydrogen) atoms. The van der Waals surface area contributed by atoms with E-state index in [4.69, 9.17) is 5.26 Å². The van der Waals surface area contributed by atoms with Crippen LogP contribution in [0.4, 0.5) is 0 Å². The van der Waals surface area contributed by atoms with Crippen LogP contribution in [-0.2, 0) is 0 Å². The average Bonchev–Trinajstić information content (AvgIpc) is 3.04. The van der Waals surface area contributed by atoms with E-state index in [1.165, 1.54) is 22.3 Å². The number of nitrogens with zero attached hydrogens (tertiary/aromatic N) is 2. The fourth-order valence-electron chi connectivity index (χ4n) is 4.37. The van der Waals surface area contributed by atoms with Crippen molar-refractivity contribution in [3.63, 3.8) is 0 Å². The van der Waals surface area contributed by atoms with Gasteiger partial charge in [0.25, 0.3) is 5.91 Å². The zero-order valence-corrected chi connectivity index (χ0v) is 19.3. The number of hydrogen-bond donors (Lipinski definition) is 0. The van der Waals surface area contributed by atoms with E-state index in [0.717, 1.165) is 24.8 Å². The Morgan fingerprint density at radius 3 is 2.58 bits per heavy atom. The van der Waals surface area contributed by atoms with E-state index >= 15 is 0 Å². The molecular weight excluding hydrogens is 404 g/mol. The van der Waals surface area contributed by atoms with Crippen molar-refractivity contribution in [2.45, 2.75) is 33.1 Å². The molecule has 0 radical (unpaired) electrons. The van der Waals surface area contributed by atoms with Crippen molar-refractivity contribution in [3.8, 4) is 17.9 Å². The third kappa shape index (κ3) is 5.51. The topological polar surface area (TPSA) is 44.1 Å². The van der Waals surface area contributed by atoms with E-state index in [9.17, 15) is 4.79 Å². The smallest absolute Gasteiger partial charge is 0.253 e.